The number of phenols is 1. The Morgan fingerprint density at radius 2 is 1.82 bits per heavy atom. The predicted molar refractivity (Wildman–Crippen MR) is 161 cm³/mol. The van der Waals surface area contributed by atoms with Crippen LogP contribution in [0.3, 0.4) is 0 Å². The number of β-amino-alcohol motifs (C(OH)–C–C–N with tert-alkyl or cyclic N) is 1. The van der Waals surface area contributed by atoms with Gasteiger partial charge in [-0.15, -0.1) is 11.8 Å². The first-order valence-electron chi connectivity index (χ1n) is 14.5. The van der Waals surface area contributed by atoms with Gasteiger partial charge < -0.3 is 20.3 Å². The number of phenolic OH excluding ortho intramolecular Hbond substituents is 1. The van der Waals surface area contributed by atoms with Gasteiger partial charge in [-0.25, -0.2) is 0 Å². The fourth-order valence-corrected chi connectivity index (χ4v) is 6.75. The molecule has 4 N–H and O–H groups in total. The number of aliphatic hydroxyl groups is 1. The van der Waals surface area contributed by atoms with Crippen LogP contribution in [0.1, 0.15) is 68.8 Å². The van der Waals surface area contributed by atoms with Crippen LogP contribution < -0.4 is 5.32 Å². The number of amides is 1. The highest BCUT2D eigenvalue weighted by molar-refractivity contribution is 7.99. The molecular formula is C32H45N3O4S. The molecular weight excluding hydrogens is 522 g/mol. The number of likely N-dealkylation sites (tertiary alicyclic amines) is 1. The number of carbonyl (C=O) groups is 1. The van der Waals surface area contributed by atoms with Gasteiger partial charge in [0.25, 0.3) is 5.91 Å². The van der Waals surface area contributed by atoms with Gasteiger partial charge >= 0.3 is 0 Å². The van der Waals surface area contributed by atoms with Crippen molar-refractivity contribution in [3.63, 3.8) is 0 Å². The Morgan fingerprint density at radius 3 is 2.52 bits per heavy atom. The molecule has 1 aliphatic carbocycles. The Hall–Kier alpha value is -2.55. The summed E-state index contributed by atoms with van der Waals surface area (Å²) >= 11 is 1.59. The number of piperidine rings is 1. The Bertz CT molecular complexity index is 1150. The van der Waals surface area contributed by atoms with Crippen molar-refractivity contribution in [3.05, 3.63) is 59.7 Å². The molecule has 4 rings (SSSR count). The fraction of sp³-hybridized carbons (Fsp3) is 0.562. The summed E-state index contributed by atoms with van der Waals surface area (Å²) in [5.41, 5.74) is 0.512. The zero-order valence-electron chi connectivity index (χ0n) is 24.2. The molecule has 2 aromatic rings. The molecule has 1 aliphatic heterocycles. The maximum absolute atomic E-state index is 13.3. The summed E-state index contributed by atoms with van der Waals surface area (Å²) in [5, 5.41) is 33.4. The molecule has 0 bridgehead atoms. The molecule has 0 unspecified atom stereocenters. The molecule has 0 radical (unpaired) electrons. The summed E-state index contributed by atoms with van der Waals surface area (Å²) in [6.07, 6.45) is 4.58. The van der Waals surface area contributed by atoms with E-state index in [0.29, 0.717) is 35.3 Å². The first kappa shape index (κ1) is 30.4. The molecule has 1 saturated carbocycles. The third-order valence-electron chi connectivity index (χ3n) is 8.31. The van der Waals surface area contributed by atoms with Gasteiger partial charge in [0.15, 0.2) is 12.1 Å². The van der Waals surface area contributed by atoms with Gasteiger partial charge in [-0.3, -0.25) is 15.1 Å². The maximum atomic E-state index is 13.3. The lowest BCUT2D eigenvalue weighted by Crippen LogP contribution is -2.56. The van der Waals surface area contributed by atoms with Crippen molar-refractivity contribution in [3.8, 4) is 5.75 Å². The molecule has 7 nitrogen and oxygen atoms in total. The third-order valence-corrected chi connectivity index (χ3v) is 9.44. The average Bonchev–Trinajstić information content (AvgIpc) is 2.92. The second kappa shape index (κ2) is 13.4. The fourth-order valence-electron chi connectivity index (χ4n) is 5.72. The van der Waals surface area contributed by atoms with Crippen molar-refractivity contribution in [1.82, 2.24) is 10.2 Å². The minimum atomic E-state index is -0.854. The van der Waals surface area contributed by atoms with Gasteiger partial charge in [0.2, 0.25) is 0 Å². The average molecular weight is 568 g/mol. The summed E-state index contributed by atoms with van der Waals surface area (Å²) in [5.74, 6) is 1.64. The van der Waals surface area contributed by atoms with Crippen molar-refractivity contribution < 1.29 is 19.7 Å². The number of carbonyl (C=O) groups excluding carboxylic acids is 1. The Balaban J connectivity index is 1.53. The second-order valence-corrected chi connectivity index (χ2v) is 13.5. The highest BCUT2D eigenvalue weighted by Gasteiger charge is 2.40. The monoisotopic (exact) mass is 567 g/mol. The smallest absolute Gasteiger partial charge is 0.252 e. The molecule has 218 valence electrons. The lowest BCUT2D eigenvalue weighted by molar-refractivity contribution is -0.0877. The van der Waals surface area contributed by atoms with Gasteiger partial charge in [-0.1, -0.05) is 57.9 Å². The molecule has 40 heavy (non-hydrogen) atoms. The van der Waals surface area contributed by atoms with Crippen molar-refractivity contribution in [2.75, 3.05) is 18.8 Å². The molecule has 1 amide bonds. The minimum Gasteiger partial charge on any atom is -0.508 e. The third kappa shape index (κ3) is 7.80. The molecule has 0 aromatic heterocycles. The van der Waals surface area contributed by atoms with E-state index in [4.69, 9.17) is 10.1 Å². The van der Waals surface area contributed by atoms with Crippen LogP contribution in [0, 0.1) is 29.6 Å². The summed E-state index contributed by atoms with van der Waals surface area (Å²) in [4.78, 5) is 16.6. The summed E-state index contributed by atoms with van der Waals surface area (Å²) in [6, 6.07) is 14.3. The quantitative estimate of drug-likeness (QED) is 0.173. The van der Waals surface area contributed by atoms with Crippen LogP contribution >= 0.6 is 11.8 Å². The number of fused-ring (bicyclic) bond motifs is 1. The highest BCUT2D eigenvalue weighted by atomic mass is 32.2. The molecule has 2 aliphatic rings. The van der Waals surface area contributed by atoms with Crippen LogP contribution in [0.25, 0.3) is 0 Å². The number of aliphatic hydroxyl groups excluding tert-OH is 1. The zero-order valence-corrected chi connectivity index (χ0v) is 25.0. The number of ether oxygens (including phenoxy) is 1. The number of nitrogens with zero attached hydrogens (tertiary/aromatic N) is 1. The minimum absolute atomic E-state index is 0.0695. The van der Waals surface area contributed by atoms with Crippen LogP contribution in [0.2, 0.25) is 0 Å². The normalized spacial score (nSPS) is 23.1. The van der Waals surface area contributed by atoms with E-state index in [9.17, 15) is 15.0 Å². The van der Waals surface area contributed by atoms with Crippen LogP contribution in [-0.4, -0.2) is 64.1 Å². The summed E-state index contributed by atoms with van der Waals surface area (Å²) in [6.45, 7) is 8.82. The van der Waals surface area contributed by atoms with Crippen molar-refractivity contribution >= 4 is 23.6 Å². The number of hydrogen-bond acceptors (Lipinski definition) is 7. The van der Waals surface area contributed by atoms with E-state index in [1.807, 2.05) is 51.1 Å². The molecule has 2 aromatic carbocycles. The van der Waals surface area contributed by atoms with E-state index in [2.05, 4.69) is 10.2 Å². The van der Waals surface area contributed by atoms with Crippen molar-refractivity contribution in [2.45, 2.75) is 83.1 Å². The molecule has 1 heterocycles. The number of hydrogen-bond donors (Lipinski definition) is 4. The van der Waals surface area contributed by atoms with Crippen molar-refractivity contribution in [2.24, 2.45) is 17.3 Å². The SMILES string of the molecule is Cc1c(O)cccc1C(=O)N[C@@H](CSc1ccccc1)[C@H](O)CN1C[C@H]2CCCC[C@H]2C[C@H]1OC(=N)C(C)(C)C. The lowest BCUT2D eigenvalue weighted by atomic mass is 9.74. The van der Waals surface area contributed by atoms with Crippen molar-refractivity contribution in [1.29, 1.82) is 5.41 Å². The maximum Gasteiger partial charge on any atom is 0.252 e. The van der Waals surface area contributed by atoms with E-state index in [0.717, 1.165) is 17.9 Å². The second-order valence-electron chi connectivity index (χ2n) is 12.4. The number of rotatable bonds is 9. The Morgan fingerprint density at radius 1 is 1.12 bits per heavy atom. The summed E-state index contributed by atoms with van der Waals surface area (Å²) < 4.78 is 6.28. The number of aromatic hydroxyl groups is 1. The molecule has 2 fully saturated rings. The van der Waals surface area contributed by atoms with Crippen LogP contribution in [-0.2, 0) is 4.74 Å². The van der Waals surface area contributed by atoms with E-state index in [1.54, 1.807) is 36.9 Å². The number of thioether (sulfide) groups is 1. The topological polar surface area (TPSA) is 106 Å². The van der Waals surface area contributed by atoms with Gasteiger partial charge in [-0.2, -0.15) is 0 Å². The standard InChI is InChI=1S/C32H45N3O4S/c1-21-25(15-10-16-27(21)36)30(38)34-26(20-40-24-13-6-5-7-14-24)28(37)19-35-18-23-12-9-8-11-22(23)17-29(35)39-31(33)32(2,3)4/h5-7,10,13-16,22-23,26,28-29,33,36-37H,8-9,11-12,17-20H2,1-4H3,(H,34,38)/t22-,23+,26-,28+,29+/m0/s1. The van der Waals surface area contributed by atoms with E-state index >= 15 is 0 Å². The van der Waals surface area contributed by atoms with Crippen LogP contribution in [0.4, 0.5) is 0 Å². The Labute approximate surface area is 243 Å². The van der Waals surface area contributed by atoms with Crippen LogP contribution in [0.15, 0.2) is 53.4 Å². The van der Waals surface area contributed by atoms with Gasteiger partial charge in [0, 0.05) is 46.7 Å². The first-order chi connectivity index (χ1) is 19.0. The number of nitrogens with one attached hydrogen (secondary N) is 2. The van der Waals surface area contributed by atoms with Gasteiger partial charge in [0.05, 0.1) is 12.1 Å². The van der Waals surface area contributed by atoms with Gasteiger partial charge in [-0.05, 0) is 55.9 Å². The summed E-state index contributed by atoms with van der Waals surface area (Å²) in [7, 11) is 0. The molecule has 8 heteroatoms. The predicted octanol–water partition coefficient (Wildman–Crippen LogP) is 5.83. The molecule has 5 atom stereocenters. The van der Waals surface area contributed by atoms with E-state index in [1.165, 1.54) is 25.7 Å². The highest BCUT2D eigenvalue weighted by Crippen LogP contribution is 2.39. The lowest BCUT2D eigenvalue weighted by Gasteiger charge is -2.47. The zero-order chi connectivity index (χ0) is 28.9. The van der Waals surface area contributed by atoms with Crippen LogP contribution in [0.5, 0.6) is 5.75 Å². The van der Waals surface area contributed by atoms with E-state index in [-0.39, 0.29) is 23.8 Å². The Kier molecular flexibility index (Phi) is 10.2. The van der Waals surface area contributed by atoms with E-state index < -0.39 is 17.6 Å². The molecule has 1 saturated heterocycles. The van der Waals surface area contributed by atoms with Gasteiger partial charge in [0.1, 0.15) is 5.75 Å². The largest absolute Gasteiger partial charge is 0.508 e. The first-order valence-corrected chi connectivity index (χ1v) is 15.5. The molecule has 0 spiro atoms. The number of benzene rings is 2.